The summed E-state index contributed by atoms with van der Waals surface area (Å²) in [7, 11) is 0. The fraction of sp³-hybridized carbons (Fsp3) is 1.00. The van der Waals surface area contributed by atoms with Crippen LogP contribution in [0.15, 0.2) is 0 Å². The Balaban J connectivity index is 1.94. The first-order valence-electron chi connectivity index (χ1n) is 7.25. The molecule has 0 aromatic heterocycles. The van der Waals surface area contributed by atoms with Gasteiger partial charge >= 0.3 is 0 Å². The third-order valence-corrected chi connectivity index (χ3v) is 6.52. The Bertz CT molecular complexity index is 325. The molecule has 3 aliphatic rings. The summed E-state index contributed by atoms with van der Waals surface area (Å²) in [6.45, 7) is 10.4. The van der Waals surface area contributed by atoms with Crippen molar-refractivity contribution in [1.29, 1.82) is 0 Å². The van der Waals surface area contributed by atoms with E-state index < -0.39 is 0 Å². The zero-order valence-electron chi connectivity index (χ0n) is 11.7. The predicted molar refractivity (Wildman–Crippen MR) is 67.7 cm³/mol. The van der Waals surface area contributed by atoms with Crippen molar-refractivity contribution in [3.8, 4) is 0 Å². The van der Waals surface area contributed by atoms with Crippen molar-refractivity contribution in [3.63, 3.8) is 0 Å². The van der Waals surface area contributed by atoms with Crippen molar-refractivity contribution in [2.24, 2.45) is 16.7 Å². The molecule has 2 bridgehead atoms. The number of ether oxygens (including phenoxy) is 2. The van der Waals surface area contributed by atoms with Crippen molar-refractivity contribution >= 4 is 0 Å². The first-order valence-corrected chi connectivity index (χ1v) is 7.25. The summed E-state index contributed by atoms with van der Waals surface area (Å²) in [5, 5.41) is 0. The van der Waals surface area contributed by atoms with E-state index in [2.05, 4.69) is 27.7 Å². The SMILES string of the molecule is CCC1OCCC2(CC3CCC2(C)C3(C)C)O1. The zero-order valence-corrected chi connectivity index (χ0v) is 11.7. The fourth-order valence-corrected chi connectivity index (χ4v) is 4.85. The maximum atomic E-state index is 6.43. The van der Waals surface area contributed by atoms with Gasteiger partial charge in [0.05, 0.1) is 12.2 Å². The third-order valence-electron chi connectivity index (χ3n) is 6.52. The van der Waals surface area contributed by atoms with Gasteiger partial charge in [-0.05, 0) is 37.0 Å². The molecule has 3 fully saturated rings. The lowest BCUT2D eigenvalue weighted by Gasteiger charge is -2.52. The minimum atomic E-state index is 0.0377. The Morgan fingerprint density at radius 1 is 1.18 bits per heavy atom. The molecule has 0 radical (unpaired) electrons. The van der Waals surface area contributed by atoms with E-state index in [1.807, 2.05) is 0 Å². The van der Waals surface area contributed by atoms with Gasteiger partial charge in [0.25, 0.3) is 0 Å². The third kappa shape index (κ3) is 1.29. The molecule has 0 aromatic rings. The highest BCUT2D eigenvalue weighted by atomic mass is 16.7. The maximum Gasteiger partial charge on any atom is 0.158 e. The van der Waals surface area contributed by atoms with E-state index in [4.69, 9.17) is 9.47 Å². The van der Waals surface area contributed by atoms with Crippen molar-refractivity contribution in [2.45, 2.75) is 71.7 Å². The largest absolute Gasteiger partial charge is 0.353 e. The molecule has 2 heteroatoms. The molecule has 1 heterocycles. The Kier molecular flexibility index (Phi) is 2.45. The summed E-state index contributed by atoms with van der Waals surface area (Å²) in [5.74, 6) is 0.850. The van der Waals surface area contributed by atoms with Gasteiger partial charge in [-0.2, -0.15) is 0 Å². The molecule has 17 heavy (non-hydrogen) atoms. The van der Waals surface area contributed by atoms with Crippen LogP contribution in [-0.2, 0) is 9.47 Å². The highest BCUT2D eigenvalue weighted by molar-refractivity contribution is 5.19. The monoisotopic (exact) mass is 238 g/mol. The van der Waals surface area contributed by atoms with E-state index >= 15 is 0 Å². The Morgan fingerprint density at radius 3 is 2.47 bits per heavy atom. The van der Waals surface area contributed by atoms with E-state index in [1.165, 1.54) is 19.3 Å². The van der Waals surface area contributed by atoms with Crippen LogP contribution < -0.4 is 0 Å². The molecular formula is C15H26O2. The maximum absolute atomic E-state index is 6.43. The summed E-state index contributed by atoms with van der Waals surface area (Å²) < 4.78 is 12.1. The molecule has 0 N–H and O–H groups in total. The van der Waals surface area contributed by atoms with Crippen LogP contribution >= 0.6 is 0 Å². The topological polar surface area (TPSA) is 18.5 Å². The standard InChI is InChI=1S/C15H26O2/c1-5-12-16-9-8-15(17-12)10-11-6-7-14(15,4)13(11,2)3/h11-12H,5-10H2,1-4H3. The van der Waals surface area contributed by atoms with Gasteiger partial charge in [0.15, 0.2) is 6.29 Å². The van der Waals surface area contributed by atoms with Crippen LogP contribution in [0.2, 0.25) is 0 Å². The molecular weight excluding hydrogens is 212 g/mol. The molecule has 2 saturated carbocycles. The van der Waals surface area contributed by atoms with Gasteiger partial charge in [-0.1, -0.05) is 27.7 Å². The molecule has 1 saturated heterocycles. The number of hydrogen-bond donors (Lipinski definition) is 0. The Morgan fingerprint density at radius 2 is 1.94 bits per heavy atom. The molecule has 4 atom stereocenters. The van der Waals surface area contributed by atoms with Crippen molar-refractivity contribution in [2.75, 3.05) is 6.61 Å². The van der Waals surface area contributed by atoms with Crippen LogP contribution in [0.5, 0.6) is 0 Å². The summed E-state index contributed by atoms with van der Waals surface area (Å²) in [5.41, 5.74) is 0.892. The van der Waals surface area contributed by atoms with E-state index in [9.17, 15) is 0 Å². The van der Waals surface area contributed by atoms with E-state index in [0.717, 1.165) is 25.4 Å². The molecule has 3 rings (SSSR count). The first kappa shape index (κ1) is 12.0. The van der Waals surface area contributed by atoms with Crippen molar-refractivity contribution in [1.82, 2.24) is 0 Å². The fourth-order valence-electron chi connectivity index (χ4n) is 4.85. The molecule has 1 aliphatic heterocycles. The lowest BCUT2D eigenvalue weighted by atomic mass is 9.63. The van der Waals surface area contributed by atoms with Crippen molar-refractivity contribution < 1.29 is 9.47 Å². The predicted octanol–water partition coefficient (Wildman–Crippen LogP) is 3.74. The quantitative estimate of drug-likeness (QED) is 0.692. The van der Waals surface area contributed by atoms with Gasteiger partial charge in [0.2, 0.25) is 0 Å². The summed E-state index contributed by atoms with van der Waals surface area (Å²) >= 11 is 0. The molecule has 2 aliphatic carbocycles. The van der Waals surface area contributed by atoms with Crippen LogP contribution in [0.25, 0.3) is 0 Å². The molecule has 0 amide bonds. The second kappa shape index (κ2) is 3.48. The molecule has 0 aromatic carbocycles. The van der Waals surface area contributed by atoms with Crippen LogP contribution in [0.1, 0.15) is 59.8 Å². The van der Waals surface area contributed by atoms with Gasteiger partial charge in [-0.3, -0.25) is 0 Å². The van der Waals surface area contributed by atoms with Gasteiger partial charge < -0.3 is 9.47 Å². The lowest BCUT2D eigenvalue weighted by Crippen LogP contribution is -2.54. The van der Waals surface area contributed by atoms with Crippen LogP contribution in [0, 0.1) is 16.7 Å². The van der Waals surface area contributed by atoms with E-state index in [0.29, 0.717) is 10.8 Å². The van der Waals surface area contributed by atoms with E-state index in [1.54, 1.807) is 0 Å². The number of rotatable bonds is 1. The molecule has 2 nitrogen and oxygen atoms in total. The molecule has 1 spiro atoms. The molecule has 98 valence electrons. The molecule has 4 unspecified atom stereocenters. The number of fused-ring (bicyclic) bond motifs is 3. The van der Waals surface area contributed by atoms with Gasteiger partial charge in [-0.25, -0.2) is 0 Å². The summed E-state index contributed by atoms with van der Waals surface area (Å²) in [4.78, 5) is 0. The average molecular weight is 238 g/mol. The zero-order chi connectivity index (χ0) is 12.3. The van der Waals surface area contributed by atoms with E-state index in [-0.39, 0.29) is 11.9 Å². The highest BCUT2D eigenvalue weighted by Crippen LogP contribution is 2.72. The lowest BCUT2D eigenvalue weighted by molar-refractivity contribution is -0.292. The van der Waals surface area contributed by atoms with Crippen LogP contribution in [0.3, 0.4) is 0 Å². The summed E-state index contributed by atoms with van der Waals surface area (Å²) in [6.07, 6.45) is 6.10. The first-order chi connectivity index (χ1) is 7.95. The summed E-state index contributed by atoms with van der Waals surface area (Å²) in [6, 6.07) is 0. The smallest absolute Gasteiger partial charge is 0.158 e. The second-order valence-electron chi connectivity index (χ2n) is 7.06. The van der Waals surface area contributed by atoms with Gasteiger partial charge in [0.1, 0.15) is 0 Å². The highest BCUT2D eigenvalue weighted by Gasteiger charge is 2.70. The van der Waals surface area contributed by atoms with Gasteiger partial charge in [-0.15, -0.1) is 0 Å². The number of hydrogen-bond acceptors (Lipinski definition) is 2. The second-order valence-corrected chi connectivity index (χ2v) is 7.06. The minimum Gasteiger partial charge on any atom is -0.353 e. The minimum absolute atomic E-state index is 0.0377. The van der Waals surface area contributed by atoms with Crippen LogP contribution in [0.4, 0.5) is 0 Å². The van der Waals surface area contributed by atoms with Gasteiger partial charge in [0, 0.05) is 11.8 Å². The van der Waals surface area contributed by atoms with Crippen LogP contribution in [-0.4, -0.2) is 18.5 Å². The normalized spacial score (nSPS) is 52.2. The Hall–Kier alpha value is -0.0800. The van der Waals surface area contributed by atoms with Crippen molar-refractivity contribution in [3.05, 3.63) is 0 Å². The Labute approximate surface area is 105 Å². The average Bonchev–Trinajstić information content (AvgIpc) is 2.61.